The van der Waals surface area contributed by atoms with Crippen LogP contribution in [0.25, 0.3) is 6.08 Å². The zero-order chi connectivity index (χ0) is 14.5. The van der Waals surface area contributed by atoms with Crippen LogP contribution in [0.4, 0.5) is 0 Å². The lowest BCUT2D eigenvalue weighted by molar-refractivity contribution is -0.137. The van der Waals surface area contributed by atoms with E-state index < -0.39 is 5.97 Å². The smallest absolute Gasteiger partial charge is 0.305 e. The highest BCUT2D eigenvalue weighted by Crippen LogP contribution is 2.32. The molecule has 1 N–H and O–H groups in total. The van der Waals surface area contributed by atoms with E-state index >= 15 is 0 Å². The van der Waals surface area contributed by atoms with Gasteiger partial charge in [-0.25, -0.2) is 0 Å². The first-order valence-electron chi connectivity index (χ1n) is 6.11. The maximum absolute atomic E-state index is 11.8. The third-order valence-electron chi connectivity index (χ3n) is 2.85. The Morgan fingerprint density at radius 3 is 2.85 bits per heavy atom. The molecule has 0 spiro atoms. The Morgan fingerprint density at radius 1 is 1.35 bits per heavy atom. The summed E-state index contributed by atoms with van der Waals surface area (Å²) in [5, 5.41) is 8.56. The number of rotatable bonds is 5. The minimum absolute atomic E-state index is 0.0693. The number of hydrogen-bond donors (Lipinski definition) is 1. The number of carbonyl (C=O) groups is 2. The van der Waals surface area contributed by atoms with Crippen LogP contribution in [0.1, 0.15) is 12.0 Å². The van der Waals surface area contributed by atoms with Gasteiger partial charge in [-0.05, 0) is 23.8 Å². The van der Waals surface area contributed by atoms with Crippen molar-refractivity contribution in [3.05, 3.63) is 29.8 Å². The molecule has 2 rings (SSSR count). The molecule has 6 heteroatoms. The zero-order valence-corrected chi connectivity index (χ0v) is 11.0. The van der Waals surface area contributed by atoms with Crippen LogP contribution in [0.5, 0.6) is 11.5 Å². The summed E-state index contributed by atoms with van der Waals surface area (Å²) in [5.41, 5.74) is 0.814. The van der Waals surface area contributed by atoms with E-state index in [0.717, 1.165) is 5.56 Å². The second-order valence-corrected chi connectivity index (χ2v) is 4.35. The van der Waals surface area contributed by atoms with Crippen molar-refractivity contribution in [2.24, 2.45) is 0 Å². The standard InChI is InChI=1S/C14H15NO5/c1-15(7-6-14(17)18)13(16)5-3-10-2-4-11-12(8-10)20-9-19-11/h2-5,8H,6-7,9H2,1H3,(H,17,18)/b5-3+. The number of carbonyl (C=O) groups excluding carboxylic acids is 1. The third-order valence-corrected chi connectivity index (χ3v) is 2.85. The van der Waals surface area contributed by atoms with Gasteiger partial charge in [0.25, 0.3) is 0 Å². The summed E-state index contributed by atoms with van der Waals surface area (Å²) in [6.07, 6.45) is 2.99. The Bertz CT molecular complexity index is 552. The molecule has 0 unspecified atom stereocenters. The average molecular weight is 277 g/mol. The molecule has 106 valence electrons. The van der Waals surface area contributed by atoms with Gasteiger partial charge in [0, 0.05) is 19.7 Å². The van der Waals surface area contributed by atoms with E-state index in [1.165, 1.54) is 11.0 Å². The highest BCUT2D eigenvalue weighted by molar-refractivity contribution is 5.91. The number of carboxylic acids is 1. The van der Waals surface area contributed by atoms with Gasteiger partial charge in [-0.2, -0.15) is 0 Å². The van der Waals surface area contributed by atoms with Crippen LogP contribution in [0.15, 0.2) is 24.3 Å². The quantitative estimate of drug-likeness (QED) is 0.822. The summed E-state index contributed by atoms with van der Waals surface area (Å²) < 4.78 is 10.4. The molecule has 1 aromatic rings. The van der Waals surface area contributed by atoms with Gasteiger partial charge in [-0.1, -0.05) is 6.07 Å². The fourth-order valence-electron chi connectivity index (χ4n) is 1.69. The van der Waals surface area contributed by atoms with Crippen molar-refractivity contribution in [3.63, 3.8) is 0 Å². The van der Waals surface area contributed by atoms with Gasteiger partial charge in [-0.15, -0.1) is 0 Å². The molecule has 0 aromatic heterocycles. The molecular formula is C14H15NO5. The van der Waals surface area contributed by atoms with E-state index in [1.807, 2.05) is 6.07 Å². The summed E-state index contributed by atoms with van der Waals surface area (Å²) in [6.45, 7) is 0.388. The molecule has 1 aliphatic rings. The predicted octanol–water partition coefficient (Wildman–Crippen LogP) is 1.36. The number of fused-ring (bicyclic) bond motifs is 1. The fourth-order valence-corrected chi connectivity index (χ4v) is 1.69. The monoisotopic (exact) mass is 277 g/mol. The van der Waals surface area contributed by atoms with Gasteiger partial charge in [0.15, 0.2) is 11.5 Å². The maximum Gasteiger partial charge on any atom is 0.305 e. The molecule has 0 aliphatic carbocycles. The Balaban J connectivity index is 1.95. The number of likely N-dealkylation sites (N-methyl/N-ethyl adjacent to an activating group) is 1. The molecule has 6 nitrogen and oxygen atoms in total. The Kier molecular flexibility index (Phi) is 4.24. The molecule has 1 aromatic carbocycles. The Hall–Kier alpha value is -2.50. The normalized spacial score (nSPS) is 12.7. The van der Waals surface area contributed by atoms with Crippen LogP contribution < -0.4 is 9.47 Å². The second-order valence-electron chi connectivity index (χ2n) is 4.35. The van der Waals surface area contributed by atoms with E-state index in [1.54, 1.807) is 25.3 Å². The van der Waals surface area contributed by atoms with Crippen LogP contribution in [0.2, 0.25) is 0 Å². The van der Waals surface area contributed by atoms with Gasteiger partial charge in [-0.3, -0.25) is 9.59 Å². The number of benzene rings is 1. The average Bonchev–Trinajstić information content (AvgIpc) is 2.89. The van der Waals surface area contributed by atoms with Gasteiger partial charge < -0.3 is 19.5 Å². The van der Waals surface area contributed by atoms with Gasteiger partial charge in [0.2, 0.25) is 12.7 Å². The van der Waals surface area contributed by atoms with E-state index in [2.05, 4.69) is 0 Å². The number of amides is 1. The molecule has 0 fully saturated rings. The summed E-state index contributed by atoms with van der Waals surface area (Å²) in [7, 11) is 1.56. The molecule has 0 atom stereocenters. The highest BCUT2D eigenvalue weighted by atomic mass is 16.7. The van der Waals surface area contributed by atoms with Crippen molar-refractivity contribution in [2.45, 2.75) is 6.42 Å². The van der Waals surface area contributed by atoms with Gasteiger partial charge >= 0.3 is 5.97 Å². The summed E-state index contributed by atoms with van der Waals surface area (Å²) in [6, 6.07) is 5.37. The molecule has 0 saturated carbocycles. The van der Waals surface area contributed by atoms with Gasteiger partial charge in [0.1, 0.15) is 0 Å². The number of ether oxygens (including phenoxy) is 2. The highest BCUT2D eigenvalue weighted by Gasteiger charge is 2.12. The number of nitrogens with zero attached hydrogens (tertiary/aromatic N) is 1. The van der Waals surface area contributed by atoms with Crippen molar-refractivity contribution >= 4 is 18.0 Å². The first-order valence-corrected chi connectivity index (χ1v) is 6.11. The molecular weight excluding hydrogens is 262 g/mol. The van der Waals surface area contributed by atoms with E-state index in [4.69, 9.17) is 14.6 Å². The van der Waals surface area contributed by atoms with Crippen molar-refractivity contribution in [1.29, 1.82) is 0 Å². The van der Waals surface area contributed by atoms with Crippen LogP contribution in [-0.4, -0.2) is 42.3 Å². The summed E-state index contributed by atoms with van der Waals surface area (Å²) in [5.74, 6) is 0.166. The first kappa shape index (κ1) is 13.9. The first-order chi connectivity index (χ1) is 9.56. The zero-order valence-electron chi connectivity index (χ0n) is 11.0. The van der Waals surface area contributed by atoms with Gasteiger partial charge in [0.05, 0.1) is 6.42 Å². The number of carboxylic acid groups (broad SMARTS) is 1. The van der Waals surface area contributed by atoms with Crippen LogP contribution in [-0.2, 0) is 9.59 Å². The van der Waals surface area contributed by atoms with E-state index in [9.17, 15) is 9.59 Å². The largest absolute Gasteiger partial charge is 0.481 e. The fraction of sp³-hybridized carbons (Fsp3) is 0.286. The van der Waals surface area contributed by atoms with Crippen LogP contribution >= 0.6 is 0 Å². The minimum atomic E-state index is -0.926. The van der Waals surface area contributed by atoms with Crippen LogP contribution in [0, 0.1) is 0 Å². The molecule has 1 heterocycles. The molecule has 0 radical (unpaired) electrons. The Morgan fingerprint density at radius 2 is 2.10 bits per heavy atom. The number of hydrogen-bond acceptors (Lipinski definition) is 4. The third kappa shape index (κ3) is 3.50. The lowest BCUT2D eigenvalue weighted by Gasteiger charge is -2.13. The SMILES string of the molecule is CN(CCC(=O)O)C(=O)/C=C/c1ccc2c(c1)OCO2. The molecule has 1 amide bonds. The lowest BCUT2D eigenvalue weighted by atomic mass is 10.2. The number of aliphatic carboxylic acids is 1. The topological polar surface area (TPSA) is 76.1 Å². The minimum Gasteiger partial charge on any atom is -0.481 e. The second kappa shape index (κ2) is 6.10. The molecule has 20 heavy (non-hydrogen) atoms. The Labute approximate surface area is 116 Å². The van der Waals surface area contributed by atoms with Crippen molar-refractivity contribution < 1.29 is 24.2 Å². The van der Waals surface area contributed by atoms with Crippen molar-refractivity contribution in [3.8, 4) is 11.5 Å². The van der Waals surface area contributed by atoms with Crippen molar-refractivity contribution in [2.75, 3.05) is 20.4 Å². The summed E-state index contributed by atoms with van der Waals surface area (Å²) >= 11 is 0. The molecule has 0 saturated heterocycles. The predicted molar refractivity (Wildman–Crippen MR) is 71.5 cm³/mol. The molecule has 1 aliphatic heterocycles. The van der Waals surface area contributed by atoms with E-state index in [0.29, 0.717) is 11.5 Å². The molecule has 0 bridgehead atoms. The lowest BCUT2D eigenvalue weighted by Crippen LogP contribution is -2.27. The van der Waals surface area contributed by atoms with Crippen LogP contribution in [0.3, 0.4) is 0 Å². The maximum atomic E-state index is 11.8. The summed E-state index contributed by atoms with van der Waals surface area (Å²) in [4.78, 5) is 23.5. The van der Waals surface area contributed by atoms with E-state index in [-0.39, 0.29) is 25.7 Å². The van der Waals surface area contributed by atoms with Crippen molar-refractivity contribution in [1.82, 2.24) is 4.90 Å².